The number of hydrogen-bond donors (Lipinski definition) is 0. The smallest absolute Gasteiger partial charge is 0.334 e. The van der Waals surface area contributed by atoms with Crippen molar-refractivity contribution in [3.63, 3.8) is 0 Å². The molecule has 0 amide bonds. The number of rotatable bonds is 9. The number of sulfone groups is 1. The highest BCUT2D eigenvalue weighted by Crippen LogP contribution is 2.11. The van der Waals surface area contributed by atoms with Crippen LogP contribution in [0.25, 0.3) is 0 Å². The second kappa shape index (κ2) is 8.59. The molecule has 0 saturated heterocycles. The van der Waals surface area contributed by atoms with Crippen molar-refractivity contribution in [3.05, 3.63) is 43.0 Å². The fourth-order valence-corrected chi connectivity index (χ4v) is 2.87. The Morgan fingerprint density at radius 1 is 1.33 bits per heavy atom. The normalized spacial score (nSPS) is 12.6. The zero-order chi connectivity index (χ0) is 15.7. The van der Waals surface area contributed by atoms with Crippen LogP contribution in [0.15, 0.2) is 47.9 Å². The van der Waals surface area contributed by atoms with Gasteiger partial charge in [0.2, 0.25) is 0 Å². The SMILES string of the molecule is C=CCOC(C)C(=O)OCCCS(=O)(=O)c1ccccc1. The molecule has 0 bridgehead atoms. The Bertz CT molecular complexity index is 551. The summed E-state index contributed by atoms with van der Waals surface area (Å²) in [6.07, 6.45) is 1.10. The van der Waals surface area contributed by atoms with E-state index < -0.39 is 21.9 Å². The Morgan fingerprint density at radius 2 is 2.00 bits per heavy atom. The minimum atomic E-state index is -3.33. The van der Waals surface area contributed by atoms with Gasteiger partial charge in [-0.25, -0.2) is 13.2 Å². The van der Waals surface area contributed by atoms with E-state index >= 15 is 0 Å². The van der Waals surface area contributed by atoms with Gasteiger partial charge < -0.3 is 9.47 Å². The van der Waals surface area contributed by atoms with Crippen LogP contribution in [0.1, 0.15) is 13.3 Å². The van der Waals surface area contributed by atoms with Crippen molar-refractivity contribution in [1.82, 2.24) is 0 Å². The highest BCUT2D eigenvalue weighted by molar-refractivity contribution is 7.91. The molecule has 0 spiro atoms. The van der Waals surface area contributed by atoms with Crippen LogP contribution in [0.2, 0.25) is 0 Å². The predicted octanol–water partition coefficient (Wildman–Crippen LogP) is 1.98. The van der Waals surface area contributed by atoms with Crippen molar-refractivity contribution in [2.45, 2.75) is 24.3 Å². The number of benzene rings is 1. The number of esters is 1. The van der Waals surface area contributed by atoms with E-state index in [0.717, 1.165) is 0 Å². The molecule has 0 aliphatic heterocycles. The summed E-state index contributed by atoms with van der Waals surface area (Å²) in [4.78, 5) is 11.8. The van der Waals surface area contributed by atoms with Crippen molar-refractivity contribution in [2.75, 3.05) is 19.0 Å². The first-order valence-electron chi connectivity index (χ1n) is 6.64. The molecule has 0 heterocycles. The van der Waals surface area contributed by atoms with E-state index in [-0.39, 0.29) is 30.3 Å². The molecule has 0 radical (unpaired) electrons. The Labute approximate surface area is 125 Å². The molecule has 1 rings (SSSR count). The molecule has 21 heavy (non-hydrogen) atoms. The summed E-state index contributed by atoms with van der Waals surface area (Å²) in [5.74, 6) is -0.569. The second-order valence-electron chi connectivity index (χ2n) is 4.42. The zero-order valence-electron chi connectivity index (χ0n) is 12.0. The van der Waals surface area contributed by atoms with E-state index in [9.17, 15) is 13.2 Å². The zero-order valence-corrected chi connectivity index (χ0v) is 12.8. The van der Waals surface area contributed by atoms with Gasteiger partial charge in [-0.05, 0) is 25.5 Å². The maximum Gasteiger partial charge on any atom is 0.334 e. The number of hydrogen-bond acceptors (Lipinski definition) is 5. The fourth-order valence-electron chi connectivity index (χ4n) is 1.57. The minimum absolute atomic E-state index is 0.0483. The molecule has 0 fully saturated rings. The number of carbonyl (C=O) groups is 1. The Kier molecular flexibility index (Phi) is 7.11. The van der Waals surface area contributed by atoms with Crippen molar-refractivity contribution in [2.24, 2.45) is 0 Å². The van der Waals surface area contributed by atoms with E-state index in [4.69, 9.17) is 9.47 Å². The summed E-state index contributed by atoms with van der Waals surface area (Å²) < 4.78 is 34.0. The third kappa shape index (κ3) is 6.10. The van der Waals surface area contributed by atoms with Crippen LogP contribution in [0.4, 0.5) is 0 Å². The van der Waals surface area contributed by atoms with Crippen LogP contribution in [0.5, 0.6) is 0 Å². The summed E-state index contributed by atoms with van der Waals surface area (Å²) >= 11 is 0. The number of ether oxygens (including phenoxy) is 2. The first kappa shape index (κ1) is 17.4. The lowest BCUT2D eigenvalue weighted by atomic mass is 10.4. The number of carbonyl (C=O) groups excluding carboxylic acids is 1. The third-order valence-corrected chi connectivity index (χ3v) is 4.52. The molecule has 0 N–H and O–H groups in total. The minimum Gasteiger partial charge on any atom is -0.464 e. The van der Waals surface area contributed by atoms with Gasteiger partial charge in [0.15, 0.2) is 15.9 Å². The average molecular weight is 312 g/mol. The quantitative estimate of drug-likeness (QED) is 0.396. The van der Waals surface area contributed by atoms with Gasteiger partial charge in [0.05, 0.1) is 23.9 Å². The average Bonchev–Trinajstić information content (AvgIpc) is 2.49. The van der Waals surface area contributed by atoms with Gasteiger partial charge in [-0.2, -0.15) is 0 Å². The van der Waals surface area contributed by atoms with Gasteiger partial charge >= 0.3 is 5.97 Å². The van der Waals surface area contributed by atoms with Crippen molar-refractivity contribution < 1.29 is 22.7 Å². The predicted molar refractivity (Wildman–Crippen MR) is 79.7 cm³/mol. The third-order valence-electron chi connectivity index (χ3n) is 2.70. The van der Waals surface area contributed by atoms with Crippen LogP contribution in [0.3, 0.4) is 0 Å². The summed E-state index contributed by atoms with van der Waals surface area (Å²) in [5.41, 5.74) is 0. The van der Waals surface area contributed by atoms with Gasteiger partial charge in [-0.15, -0.1) is 6.58 Å². The standard InChI is InChI=1S/C15H20O5S/c1-3-10-19-13(2)15(16)20-11-7-12-21(17,18)14-8-5-4-6-9-14/h3-6,8-9,13H,1,7,10-12H2,2H3. The molecule has 5 nitrogen and oxygen atoms in total. The fraction of sp³-hybridized carbons (Fsp3) is 0.400. The van der Waals surface area contributed by atoms with Crippen LogP contribution in [0, 0.1) is 0 Å². The molecule has 1 atom stereocenters. The summed E-state index contributed by atoms with van der Waals surface area (Å²) in [6, 6.07) is 8.20. The van der Waals surface area contributed by atoms with E-state index in [1.807, 2.05) is 0 Å². The molecule has 0 saturated carbocycles. The molecule has 0 aliphatic carbocycles. The molecule has 1 aromatic carbocycles. The van der Waals surface area contributed by atoms with Crippen LogP contribution in [-0.4, -0.2) is 39.5 Å². The van der Waals surface area contributed by atoms with Gasteiger partial charge in [-0.1, -0.05) is 24.3 Å². The van der Waals surface area contributed by atoms with Crippen molar-refractivity contribution in [3.8, 4) is 0 Å². The Balaban J connectivity index is 2.34. The topological polar surface area (TPSA) is 69.7 Å². The molecule has 1 unspecified atom stereocenters. The Hall–Kier alpha value is -1.66. The largest absolute Gasteiger partial charge is 0.464 e. The molecule has 0 aliphatic rings. The lowest BCUT2D eigenvalue weighted by molar-refractivity contribution is -0.155. The maximum atomic E-state index is 12.0. The second-order valence-corrected chi connectivity index (χ2v) is 6.53. The van der Waals surface area contributed by atoms with Crippen LogP contribution >= 0.6 is 0 Å². The first-order valence-corrected chi connectivity index (χ1v) is 8.29. The highest BCUT2D eigenvalue weighted by Gasteiger charge is 2.16. The first-order chi connectivity index (χ1) is 9.97. The van der Waals surface area contributed by atoms with Crippen LogP contribution < -0.4 is 0 Å². The lowest BCUT2D eigenvalue weighted by Crippen LogP contribution is -2.24. The van der Waals surface area contributed by atoms with Gasteiger partial charge in [0.1, 0.15) is 0 Å². The van der Waals surface area contributed by atoms with Gasteiger partial charge in [0, 0.05) is 0 Å². The van der Waals surface area contributed by atoms with Gasteiger partial charge in [0.25, 0.3) is 0 Å². The molecule has 116 valence electrons. The summed E-state index contributed by atoms with van der Waals surface area (Å²) in [6.45, 7) is 5.37. The molecule has 6 heteroatoms. The molecule has 1 aromatic rings. The lowest BCUT2D eigenvalue weighted by Gasteiger charge is -2.11. The summed E-state index contributed by atoms with van der Waals surface area (Å²) in [5, 5.41) is 0. The van der Waals surface area contributed by atoms with E-state index in [0.29, 0.717) is 0 Å². The van der Waals surface area contributed by atoms with Crippen LogP contribution in [-0.2, 0) is 24.1 Å². The van der Waals surface area contributed by atoms with E-state index in [1.165, 1.54) is 6.08 Å². The van der Waals surface area contributed by atoms with Crippen molar-refractivity contribution in [1.29, 1.82) is 0 Å². The van der Waals surface area contributed by atoms with Gasteiger partial charge in [-0.3, -0.25) is 0 Å². The van der Waals surface area contributed by atoms with Crippen molar-refractivity contribution >= 4 is 15.8 Å². The molecule has 0 aromatic heterocycles. The Morgan fingerprint density at radius 3 is 2.62 bits per heavy atom. The van der Waals surface area contributed by atoms with E-state index in [2.05, 4.69) is 6.58 Å². The maximum absolute atomic E-state index is 12.0. The van der Waals surface area contributed by atoms with E-state index in [1.54, 1.807) is 37.3 Å². The monoisotopic (exact) mass is 312 g/mol. The molecular formula is C15H20O5S. The summed E-state index contributed by atoms with van der Waals surface area (Å²) in [7, 11) is -3.33. The highest BCUT2D eigenvalue weighted by atomic mass is 32.2. The molecular weight excluding hydrogens is 292 g/mol.